The number of hydrogen-bond acceptors (Lipinski definition) is 4. The average molecular weight is 307 g/mol. The van der Waals surface area contributed by atoms with Crippen molar-refractivity contribution in [2.75, 3.05) is 19.1 Å². The molecule has 1 aromatic carbocycles. The van der Waals surface area contributed by atoms with Gasteiger partial charge >= 0.3 is 0 Å². The smallest absolute Gasteiger partial charge is 0.263 e. The van der Waals surface area contributed by atoms with E-state index in [9.17, 15) is 13.6 Å². The highest BCUT2D eigenvalue weighted by Crippen LogP contribution is 2.20. The third-order valence-corrected chi connectivity index (χ3v) is 3.06. The van der Waals surface area contributed by atoms with Crippen LogP contribution in [0, 0.1) is 0 Å². The first-order valence-corrected chi connectivity index (χ1v) is 6.52. The lowest BCUT2D eigenvalue weighted by Crippen LogP contribution is -2.29. The normalized spacial score (nSPS) is 10.6. The third-order valence-electron chi connectivity index (χ3n) is 3.06. The molecule has 1 aromatic heterocycles. The van der Waals surface area contributed by atoms with Gasteiger partial charge in [0, 0.05) is 24.9 Å². The van der Waals surface area contributed by atoms with Gasteiger partial charge in [0.2, 0.25) is 17.7 Å². The number of methoxy groups -OCH3 is 1. The molecule has 0 N–H and O–H groups in total. The van der Waals surface area contributed by atoms with Gasteiger partial charge in [-0.3, -0.25) is 9.69 Å². The van der Waals surface area contributed by atoms with E-state index in [2.05, 4.69) is 9.97 Å². The fourth-order valence-corrected chi connectivity index (χ4v) is 1.85. The van der Waals surface area contributed by atoms with E-state index in [1.807, 2.05) is 0 Å². The number of likely N-dealkylation sites (N-methyl/N-ethyl adjacent to an activating group) is 1. The summed E-state index contributed by atoms with van der Waals surface area (Å²) in [5, 5.41) is 0. The Balaban J connectivity index is 2.12. The highest BCUT2D eigenvalue weighted by atomic mass is 19.3. The number of nitrogens with zero attached hydrogens (tertiary/aromatic N) is 3. The Morgan fingerprint density at radius 1 is 1.36 bits per heavy atom. The van der Waals surface area contributed by atoms with Gasteiger partial charge in [-0.05, 0) is 11.6 Å². The second-order valence-electron chi connectivity index (χ2n) is 4.57. The summed E-state index contributed by atoms with van der Waals surface area (Å²) in [6.45, 7) is 0. The van der Waals surface area contributed by atoms with Crippen LogP contribution < -0.4 is 9.64 Å². The molecule has 0 fully saturated rings. The highest BCUT2D eigenvalue weighted by molar-refractivity contribution is 5.92. The van der Waals surface area contributed by atoms with E-state index < -0.39 is 6.43 Å². The molecule has 1 heterocycles. The quantitative estimate of drug-likeness (QED) is 0.852. The molecule has 0 spiro atoms. The maximum absolute atomic E-state index is 12.7. The Kier molecular flexibility index (Phi) is 4.98. The van der Waals surface area contributed by atoms with Crippen LogP contribution in [0.4, 0.5) is 14.7 Å². The molecule has 5 nitrogen and oxygen atoms in total. The molecule has 0 radical (unpaired) electrons. The standard InChI is InChI=1S/C15H15F2N3O2/c1-20(15-18-7-6-12(19-15)22-2)13(21)9-10-4-3-5-11(8-10)14(16)17/h3-8,14H,9H2,1-2H3. The van der Waals surface area contributed by atoms with Gasteiger partial charge in [0.15, 0.2) is 0 Å². The number of aromatic nitrogens is 2. The van der Waals surface area contributed by atoms with Crippen LogP contribution in [0.25, 0.3) is 0 Å². The van der Waals surface area contributed by atoms with Gasteiger partial charge in [0.25, 0.3) is 6.43 Å². The molecule has 0 saturated carbocycles. The summed E-state index contributed by atoms with van der Waals surface area (Å²) in [4.78, 5) is 21.5. The Hall–Kier alpha value is -2.57. The van der Waals surface area contributed by atoms with Crippen molar-refractivity contribution in [3.8, 4) is 5.88 Å². The highest BCUT2D eigenvalue weighted by Gasteiger charge is 2.16. The van der Waals surface area contributed by atoms with E-state index in [4.69, 9.17) is 4.74 Å². The fourth-order valence-electron chi connectivity index (χ4n) is 1.85. The van der Waals surface area contributed by atoms with Gasteiger partial charge in [-0.1, -0.05) is 18.2 Å². The van der Waals surface area contributed by atoms with Crippen LogP contribution in [0.2, 0.25) is 0 Å². The van der Waals surface area contributed by atoms with Crippen molar-refractivity contribution >= 4 is 11.9 Å². The van der Waals surface area contributed by atoms with Crippen molar-refractivity contribution in [3.05, 3.63) is 47.7 Å². The molecule has 0 bridgehead atoms. The van der Waals surface area contributed by atoms with Gasteiger partial charge in [-0.15, -0.1) is 0 Å². The van der Waals surface area contributed by atoms with Crippen molar-refractivity contribution in [1.82, 2.24) is 9.97 Å². The van der Waals surface area contributed by atoms with Crippen molar-refractivity contribution in [2.24, 2.45) is 0 Å². The number of halogens is 2. The van der Waals surface area contributed by atoms with Gasteiger partial charge < -0.3 is 4.74 Å². The molecular weight excluding hydrogens is 292 g/mol. The summed E-state index contributed by atoms with van der Waals surface area (Å²) in [7, 11) is 2.98. The second kappa shape index (κ2) is 6.93. The summed E-state index contributed by atoms with van der Waals surface area (Å²) in [6.07, 6.45) is -1.10. The molecule has 0 aliphatic carbocycles. The number of rotatable bonds is 5. The molecule has 7 heteroatoms. The zero-order valence-electron chi connectivity index (χ0n) is 12.2. The molecule has 1 amide bonds. The van der Waals surface area contributed by atoms with Crippen molar-refractivity contribution < 1.29 is 18.3 Å². The number of hydrogen-bond donors (Lipinski definition) is 0. The Morgan fingerprint density at radius 3 is 2.82 bits per heavy atom. The summed E-state index contributed by atoms with van der Waals surface area (Å²) in [6, 6.07) is 7.35. The largest absolute Gasteiger partial charge is 0.481 e. The lowest BCUT2D eigenvalue weighted by molar-refractivity contribution is -0.117. The fraction of sp³-hybridized carbons (Fsp3) is 0.267. The zero-order chi connectivity index (χ0) is 16.1. The maximum Gasteiger partial charge on any atom is 0.263 e. The summed E-state index contributed by atoms with van der Waals surface area (Å²) < 4.78 is 30.3. The Labute approximate surface area is 126 Å². The third kappa shape index (κ3) is 3.75. The number of carbonyl (C=O) groups is 1. The minimum atomic E-state index is -2.56. The Morgan fingerprint density at radius 2 is 2.14 bits per heavy atom. The van der Waals surface area contributed by atoms with E-state index in [1.54, 1.807) is 12.1 Å². The van der Waals surface area contributed by atoms with E-state index in [-0.39, 0.29) is 23.8 Å². The predicted octanol–water partition coefficient (Wildman–Crippen LogP) is 2.63. The molecule has 0 atom stereocenters. The van der Waals surface area contributed by atoms with Crippen LogP contribution in [-0.4, -0.2) is 30.0 Å². The molecule has 2 aromatic rings. The van der Waals surface area contributed by atoms with Crippen LogP contribution >= 0.6 is 0 Å². The molecular formula is C15H15F2N3O2. The number of anilines is 1. The molecule has 2 rings (SSSR count). The van der Waals surface area contributed by atoms with Gasteiger partial charge in [0.1, 0.15) is 0 Å². The molecule has 22 heavy (non-hydrogen) atoms. The number of alkyl halides is 2. The van der Waals surface area contributed by atoms with Crippen LogP contribution in [0.3, 0.4) is 0 Å². The van der Waals surface area contributed by atoms with E-state index in [0.29, 0.717) is 11.4 Å². The number of ether oxygens (including phenoxy) is 1. The first kappa shape index (κ1) is 15.8. The first-order chi connectivity index (χ1) is 10.5. The van der Waals surface area contributed by atoms with Crippen LogP contribution in [0.15, 0.2) is 36.5 Å². The van der Waals surface area contributed by atoms with Crippen LogP contribution in [0.5, 0.6) is 5.88 Å². The van der Waals surface area contributed by atoms with E-state index in [0.717, 1.165) is 0 Å². The van der Waals surface area contributed by atoms with Crippen molar-refractivity contribution in [2.45, 2.75) is 12.8 Å². The summed E-state index contributed by atoms with van der Waals surface area (Å²) in [5.74, 6) is 0.221. The zero-order valence-corrected chi connectivity index (χ0v) is 12.2. The topological polar surface area (TPSA) is 55.3 Å². The summed E-state index contributed by atoms with van der Waals surface area (Å²) >= 11 is 0. The van der Waals surface area contributed by atoms with E-state index >= 15 is 0 Å². The molecule has 0 unspecified atom stereocenters. The van der Waals surface area contributed by atoms with Crippen LogP contribution in [-0.2, 0) is 11.2 Å². The predicted molar refractivity (Wildman–Crippen MR) is 77.1 cm³/mol. The molecule has 0 aliphatic rings. The summed E-state index contributed by atoms with van der Waals surface area (Å²) in [5.41, 5.74) is 0.406. The first-order valence-electron chi connectivity index (χ1n) is 6.52. The number of carbonyl (C=O) groups excluding carboxylic acids is 1. The van der Waals surface area contributed by atoms with Gasteiger partial charge in [-0.2, -0.15) is 4.98 Å². The molecule has 0 aliphatic heterocycles. The second-order valence-corrected chi connectivity index (χ2v) is 4.57. The van der Waals surface area contributed by atoms with Crippen molar-refractivity contribution in [3.63, 3.8) is 0 Å². The lowest BCUT2D eigenvalue weighted by atomic mass is 10.1. The SMILES string of the molecule is COc1ccnc(N(C)C(=O)Cc2cccc(C(F)F)c2)n1. The Bertz CT molecular complexity index is 665. The minimum absolute atomic E-state index is 0.0162. The van der Waals surface area contributed by atoms with E-state index in [1.165, 1.54) is 43.5 Å². The van der Waals surface area contributed by atoms with Gasteiger partial charge in [-0.25, -0.2) is 13.8 Å². The van der Waals surface area contributed by atoms with Gasteiger partial charge in [0.05, 0.1) is 13.5 Å². The number of amides is 1. The number of benzene rings is 1. The molecule has 116 valence electrons. The average Bonchev–Trinajstić information content (AvgIpc) is 2.54. The van der Waals surface area contributed by atoms with Crippen LogP contribution in [0.1, 0.15) is 17.6 Å². The molecule has 0 saturated heterocycles. The lowest BCUT2D eigenvalue weighted by Gasteiger charge is -2.15. The maximum atomic E-state index is 12.7. The minimum Gasteiger partial charge on any atom is -0.481 e. The van der Waals surface area contributed by atoms with Crippen molar-refractivity contribution in [1.29, 1.82) is 0 Å². The monoisotopic (exact) mass is 307 g/mol.